The van der Waals surface area contributed by atoms with E-state index in [-0.39, 0.29) is 29.7 Å². The minimum atomic E-state index is -0.296. The Kier molecular flexibility index (Phi) is 2.68. The maximum atomic E-state index is 12.0. The van der Waals surface area contributed by atoms with Gasteiger partial charge >= 0.3 is 0 Å². The SMILES string of the molecule is NC1C2CCOC2C1NC(=O)c1cc[nH]c(=O)c1. The minimum absolute atomic E-state index is 0.0333. The van der Waals surface area contributed by atoms with E-state index < -0.39 is 0 Å². The highest BCUT2D eigenvalue weighted by Crippen LogP contribution is 2.37. The van der Waals surface area contributed by atoms with E-state index in [4.69, 9.17) is 10.5 Å². The lowest BCUT2D eigenvalue weighted by Gasteiger charge is -2.45. The van der Waals surface area contributed by atoms with Crippen molar-refractivity contribution < 1.29 is 9.53 Å². The molecular formula is C12H15N3O3. The van der Waals surface area contributed by atoms with E-state index in [0.29, 0.717) is 18.1 Å². The highest BCUT2D eigenvalue weighted by atomic mass is 16.5. The molecule has 0 radical (unpaired) electrons. The molecule has 6 heteroatoms. The van der Waals surface area contributed by atoms with Crippen LogP contribution in [0.15, 0.2) is 23.1 Å². The first kappa shape index (κ1) is 11.4. The van der Waals surface area contributed by atoms with Crippen molar-refractivity contribution in [2.45, 2.75) is 24.6 Å². The Hall–Kier alpha value is -1.66. The first-order valence-corrected chi connectivity index (χ1v) is 6.03. The summed E-state index contributed by atoms with van der Waals surface area (Å²) >= 11 is 0. The van der Waals surface area contributed by atoms with Gasteiger partial charge in [-0.3, -0.25) is 9.59 Å². The van der Waals surface area contributed by atoms with Gasteiger partial charge in [-0.15, -0.1) is 0 Å². The van der Waals surface area contributed by atoms with Crippen molar-refractivity contribution in [1.82, 2.24) is 10.3 Å². The van der Waals surface area contributed by atoms with E-state index in [1.165, 1.54) is 12.3 Å². The van der Waals surface area contributed by atoms with Crippen LogP contribution >= 0.6 is 0 Å². The number of fused-ring (bicyclic) bond motifs is 1. The molecule has 4 atom stereocenters. The molecule has 2 heterocycles. The minimum Gasteiger partial charge on any atom is -0.376 e. The van der Waals surface area contributed by atoms with E-state index in [1.807, 2.05) is 0 Å². The summed E-state index contributed by atoms with van der Waals surface area (Å²) in [5.41, 5.74) is 6.05. The smallest absolute Gasteiger partial charge is 0.251 e. The largest absolute Gasteiger partial charge is 0.376 e. The van der Waals surface area contributed by atoms with E-state index in [9.17, 15) is 9.59 Å². The molecule has 18 heavy (non-hydrogen) atoms. The molecule has 6 nitrogen and oxygen atoms in total. The third-order valence-electron chi connectivity index (χ3n) is 3.78. The number of carbonyl (C=O) groups excluding carboxylic acids is 1. The summed E-state index contributed by atoms with van der Waals surface area (Å²) in [5, 5.41) is 2.84. The fraction of sp³-hybridized carbons (Fsp3) is 0.500. The second kappa shape index (κ2) is 4.22. The summed E-state index contributed by atoms with van der Waals surface area (Å²) in [5.74, 6) is 0.0741. The summed E-state index contributed by atoms with van der Waals surface area (Å²) < 4.78 is 5.53. The molecule has 0 aromatic carbocycles. The Morgan fingerprint density at radius 3 is 3.17 bits per heavy atom. The van der Waals surface area contributed by atoms with Crippen molar-refractivity contribution in [3.05, 3.63) is 34.2 Å². The molecular weight excluding hydrogens is 234 g/mol. The number of aromatic amines is 1. The van der Waals surface area contributed by atoms with Crippen LogP contribution in [-0.4, -0.2) is 35.7 Å². The number of carbonyl (C=O) groups is 1. The van der Waals surface area contributed by atoms with Gasteiger partial charge < -0.3 is 20.8 Å². The second-order valence-electron chi connectivity index (χ2n) is 4.81. The zero-order chi connectivity index (χ0) is 12.7. The molecule has 0 spiro atoms. The molecule has 1 aliphatic carbocycles. The quantitative estimate of drug-likeness (QED) is 0.640. The van der Waals surface area contributed by atoms with Crippen molar-refractivity contribution >= 4 is 5.91 Å². The highest BCUT2D eigenvalue weighted by Gasteiger charge is 2.52. The monoisotopic (exact) mass is 249 g/mol. The van der Waals surface area contributed by atoms with Crippen LogP contribution < -0.4 is 16.6 Å². The number of H-pyrrole nitrogens is 1. The molecule has 4 N–H and O–H groups in total. The summed E-state index contributed by atoms with van der Waals surface area (Å²) in [6.45, 7) is 0.709. The van der Waals surface area contributed by atoms with Crippen LogP contribution in [0, 0.1) is 5.92 Å². The van der Waals surface area contributed by atoms with Crippen LogP contribution in [0.5, 0.6) is 0 Å². The molecule has 2 aliphatic rings. The molecule has 1 aromatic rings. The molecule has 96 valence electrons. The van der Waals surface area contributed by atoms with Gasteiger partial charge in [0.25, 0.3) is 5.91 Å². The van der Waals surface area contributed by atoms with Gasteiger partial charge in [-0.1, -0.05) is 0 Å². The fourth-order valence-electron chi connectivity index (χ4n) is 2.75. The fourth-order valence-corrected chi connectivity index (χ4v) is 2.75. The van der Waals surface area contributed by atoms with Gasteiger partial charge in [0, 0.05) is 36.4 Å². The Morgan fingerprint density at radius 1 is 1.56 bits per heavy atom. The van der Waals surface area contributed by atoms with Crippen LogP contribution in [0.25, 0.3) is 0 Å². The van der Waals surface area contributed by atoms with Crippen LogP contribution in [0.4, 0.5) is 0 Å². The number of rotatable bonds is 2. The predicted octanol–water partition coefficient (Wildman–Crippen LogP) is -0.781. The third-order valence-corrected chi connectivity index (χ3v) is 3.78. The van der Waals surface area contributed by atoms with Crippen LogP contribution in [0.2, 0.25) is 0 Å². The number of hydrogen-bond donors (Lipinski definition) is 3. The van der Waals surface area contributed by atoms with Gasteiger partial charge in [0.2, 0.25) is 5.56 Å². The zero-order valence-corrected chi connectivity index (χ0v) is 9.76. The van der Waals surface area contributed by atoms with Crippen molar-refractivity contribution in [2.24, 2.45) is 11.7 Å². The maximum Gasteiger partial charge on any atom is 0.251 e. The van der Waals surface area contributed by atoms with E-state index >= 15 is 0 Å². The first-order chi connectivity index (χ1) is 8.66. The Morgan fingerprint density at radius 2 is 2.39 bits per heavy atom. The molecule has 1 aromatic heterocycles. The van der Waals surface area contributed by atoms with E-state index in [1.54, 1.807) is 6.07 Å². The highest BCUT2D eigenvalue weighted by molar-refractivity contribution is 5.94. The maximum absolute atomic E-state index is 12.0. The Labute approximate surface area is 104 Å². The van der Waals surface area contributed by atoms with Crippen LogP contribution in [0.3, 0.4) is 0 Å². The summed E-state index contributed by atoms with van der Waals surface area (Å²) in [7, 11) is 0. The van der Waals surface area contributed by atoms with E-state index in [0.717, 1.165) is 6.42 Å². The van der Waals surface area contributed by atoms with Gasteiger partial charge in [-0.25, -0.2) is 0 Å². The summed E-state index contributed by atoms with van der Waals surface area (Å²) in [6, 6.07) is 2.63. The average Bonchev–Trinajstić information content (AvgIpc) is 2.80. The van der Waals surface area contributed by atoms with E-state index in [2.05, 4.69) is 10.3 Å². The molecule has 1 aliphatic heterocycles. The lowest BCUT2D eigenvalue weighted by molar-refractivity contribution is -0.0161. The Balaban J connectivity index is 1.70. The van der Waals surface area contributed by atoms with Gasteiger partial charge in [0.05, 0.1) is 12.1 Å². The standard InChI is InChI=1S/C12H15N3O3/c13-9-7-2-4-18-11(7)10(9)15-12(17)6-1-3-14-8(16)5-6/h1,3,5,7,9-11H,2,4,13H2,(H,14,16)(H,15,17). The Bertz CT molecular complexity index is 527. The first-order valence-electron chi connectivity index (χ1n) is 6.03. The summed E-state index contributed by atoms with van der Waals surface area (Å²) in [6.07, 6.45) is 2.45. The molecule has 4 unspecified atom stereocenters. The lowest BCUT2D eigenvalue weighted by atomic mass is 9.72. The second-order valence-corrected chi connectivity index (χ2v) is 4.81. The number of hydrogen-bond acceptors (Lipinski definition) is 4. The van der Waals surface area contributed by atoms with Crippen molar-refractivity contribution in [3.8, 4) is 0 Å². The van der Waals surface area contributed by atoms with Crippen molar-refractivity contribution in [1.29, 1.82) is 0 Å². The molecule has 1 amide bonds. The molecule has 3 rings (SSSR count). The lowest BCUT2D eigenvalue weighted by Crippen LogP contribution is -2.68. The normalized spacial score (nSPS) is 33.6. The number of pyridine rings is 1. The number of aromatic nitrogens is 1. The van der Waals surface area contributed by atoms with Gasteiger partial charge in [0.1, 0.15) is 0 Å². The number of nitrogens with two attached hydrogens (primary N) is 1. The molecule has 1 saturated carbocycles. The zero-order valence-electron chi connectivity index (χ0n) is 9.76. The van der Waals surface area contributed by atoms with Crippen LogP contribution in [-0.2, 0) is 4.74 Å². The topological polar surface area (TPSA) is 97.2 Å². The van der Waals surface area contributed by atoms with Crippen molar-refractivity contribution in [2.75, 3.05) is 6.61 Å². The molecule has 0 bridgehead atoms. The van der Waals surface area contributed by atoms with Gasteiger partial charge in [0.15, 0.2) is 0 Å². The molecule has 2 fully saturated rings. The van der Waals surface area contributed by atoms with Gasteiger partial charge in [-0.05, 0) is 12.5 Å². The van der Waals surface area contributed by atoms with Gasteiger partial charge in [-0.2, -0.15) is 0 Å². The van der Waals surface area contributed by atoms with Crippen LogP contribution in [0.1, 0.15) is 16.8 Å². The molecule has 1 saturated heterocycles. The van der Waals surface area contributed by atoms with Crippen molar-refractivity contribution in [3.63, 3.8) is 0 Å². The number of amides is 1. The number of nitrogens with one attached hydrogen (secondary N) is 2. The third kappa shape index (κ3) is 1.74. The predicted molar refractivity (Wildman–Crippen MR) is 64.1 cm³/mol. The number of ether oxygens (including phenoxy) is 1. The average molecular weight is 249 g/mol. The summed E-state index contributed by atoms with van der Waals surface area (Å²) in [4.78, 5) is 25.6.